The van der Waals surface area contributed by atoms with Gasteiger partial charge < -0.3 is 9.47 Å². The Morgan fingerprint density at radius 1 is 1.24 bits per heavy atom. The summed E-state index contributed by atoms with van der Waals surface area (Å²) in [6.07, 6.45) is 0.839. The number of rotatable bonds is 4. The smallest absolute Gasteiger partial charge is 0.195 e. The fourth-order valence-corrected chi connectivity index (χ4v) is 3.20. The van der Waals surface area contributed by atoms with Gasteiger partial charge in [-0.3, -0.25) is 9.20 Å². The maximum absolute atomic E-state index is 11.5. The van der Waals surface area contributed by atoms with E-state index in [9.17, 15) is 4.79 Å². The zero-order valence-electron chi connectivity index (χ0n) is 11.9. The third-order valence-electron chi connectivity index (χ3n) is 3.34. The SMILES string of the molecule is COc1ccc(-c2nc3scc(C)n3c2C=O)cc1OC. The predicted molar refractivity (Wildman–Crippen MR) is 81.7 cm³/mol. The van der Waals surface area contributed by atoms with Gasteiger partial charge in [-0.1, -0.05) is 0 Å². The van der Waals surface area contributed by atoms with Gasteiger partial charge in [0.15, 0.2) is 22.7 Å². The molecule has 3 aromatic rings. The number of aldehydes is 1. The van der Waals surface area contributed by atoms with Crippen molar-refractivity contribution in [2.75, 3.05) is 14.2 Å². The second-order valence-corrected chi connectivity index (χ2v) is 5.36. The van der Waals surface area contributed by atoms with Crippen LogP contribution in [0.1, 0.15) is 16.2 Å². The van der Waals surface area contributed by atoms with Gasteiger partial charge in [-0.2, -0.15) is 0 Å². The molecular formula is C15H14N2O3S. The molecule has 0 aliphatic rings. The first kappa shape index (κ1) is 13.6. The van der Waals surface area contributed by atoms with Crippen LogP contribution in [0.3, 0.4) is 0 Å². The molecule has 0 unspecified atom stereocenters. The van der Waals surface area contributed by atoms with Gasteiger partial charge in [-0.25, -0.2) is 4.98 Å². The van der Waals surface area contributed by atoms with Crippen LogP contribution in [0.15, 0.2) is 23.6 Å². The summed E-state index contributed by atoms with van der Waals surface area (Å²) in [4.78, 5) is 16.9. The molecule has 108 valence electrons. The van der Waals surface area contributed by atoms with Crippen LogP contribution in [0.25, 0.3) is 16.2 Å². The summed E-state index contributed by atoms with van der Waals surface area (Å²) in [6.45, 7) is 1.95. The van der Waals surface area contributed by atoms with E-state index in [4.69, 9.17) is 9.47 Å². The Balaban J connectivity index is 2.22. The number of nitrogens with zero attached hydrogens (tertiary/aromatic N) is 2. The van der Waals surface area contributed by atoms with Crippen molar-refractivity contribution in [2.24, 2.45) is 0 Å². The Morgan fingerprint density at radius 3 is 2.67 bits per heavy atom. The minimum Gasteiger partial charge on any atom is -0.493 e. The van der Waals surface area contributed by atoms with Crippen LogP contribution in [-0.4, -0.2) is 29.9 Å². The maximum Gasteiger partial charge on any atom is 0.195 e. The monoisotopic (exact) mass is 302 g/mol. The summed E-state index contributed by atoms with van der Waals surface area (Å²) in [7, 11) is 3.17. The average molecular weight is 302 g/mol. The highest BCUT2D eigenvalue weighted by Crippen LogP contribution is 2.34. The zero-order chi connectivity index (χ0) is 15.0. The van der Waals surface area contributed by atoms with Crippen molar-refractivity contribution in [2.45, 2.75) is 6.92 Å². The Morgan fingerprint density at radius 2 is 2.00 bits per heavy atom. The quantitative estimate of drug-likeness (QED) is 0.694. The Labute approximate surface area is 125 Å². The molecule has 0 saturated carbocycles. The molecule has 0 aliphatic carbocycles. The summed E-state index contributed by atoms with van der Waals surface area (Å²) in [5, 5.41) is 1.98. The van der Waals surface area contributed by atoms with Gasteiger partial charge in [0.25, 0.3) is 0 Å². The minimum absolute atomic E-state index is 0.552. The van der Waals surface area contributed by atoms with E-state index in [1.54, 1.807) is 14.2 Å². The van der Waals surface area contributed by atoms with Crippen LogP contribution >= 0.6 is 11.3 Å². The number of carbonyl (C=O) groups is 1. The lowest BCUT2D eigenvalue weighted by molar-refractivity contribution is 0.111. The number of aryl methyl sites for hydroxylation is 1. The van der Waals surface area contributed by atoms with Gasteiger partial charge in [-0.05, 0) is 25.1 Å². The largest absolute Gasteiger partial charge is 0.493 e. The molecule has 5 nitrogen and oxygen atoms in total. The van der Waals surface area contributed by atoms with Crippen molar-refractivity contribution in [1.82, 2.24) is 9.38 Å². The Hall–Kier alpha value is -2.34. The lowest BCUT2D eigenvalue weighted by Gasteiger charge is -2.08. The van der Waals surface area contributed by atoms with Crippen LogP contribution in [0.4, 0.5) is 0 Å². The number of hydrogen-bond acceptors (Lipinski definition) is 5. The van der Waals surface area contributed by atoms with Crippen LogP contribution in [0.2, 0.25) is 0 Å². The highest BCUT2D eigenvalue weighted by Gasteiger charge is 2.17. The van der Waals surface area contributed by atoms with Gasteiger partial charge in [-0.15, -0.1) is 11.3 Å². The lowest BCUT2D eigenvalue weighted by Crippen LogP contribution is -1.95. The van der Waals surface area contributed by atoms with E-state index in [0.717, 1.165) is 22.5 Å². The predicted octanol–water partition coefficient (Wildman–Crippen LogP) is 3.20. The zero-order valence-corrected chi connectivity index (χ0v) is 12.7. The molecule has 0 radical (unpaired) electrons. The van der Waals surface area contributed by atoms with E-state index in [-0.39, 0.29) is 0 Å². The van der Waals surface area contributed by atoms with Crippen molar-refractivity contribution in [1.29, 1.82) is 0 Å². The maximum atomic E-state index is 11.5. The van der Waals surface area contributed by atoms with E-state index < -0.39 is 0 Å². The van der Waals surface area contributed by atoms with E-state index in [1.807, 2.05) is 34.9 Å². The molecule has 0 spiro atoms. The van der Waals surface area contributed by atoms with E-state index in [2.05, 4.69) is 4.98 Å². The highest BCUT2D eigenvalue weighted by molar-refractivity contribution is 7.15. The molecular weight excluding hydrogens is 288 g/mol. The Kier molecular flexibility index (Phi) is 3.39. The summed E-state index contributed by atoms with van der Waals surface area (Å²) >= 11 is 1.51. The first-order valence-corrected chi connectivity index (χ1v) is 7.21. The molecule has 0 atom stereocenters. The van der Waals surface area contributed by atoms with Gasteiger partial charge in [0, 0.05) is 16.6 Å². The van der Waals surface area contributed by atoms with Crippen molar-refractivity contribution in [3.63, 3.8) is 0 Å². The van der Waals surface area contributed by atoms with E-state index in [0.29, 0.717) is 22.9 Å². The number of carbonyl (C=O) groups excluding carboxylic acids is 1. The first-order valence-electron chi connectivity index (χ1n) is 6.33. The summed E-state index contributed by atoms with van der Waals surface area (Å²) < 4.78 is 12.4. The van der Waals surface area contributed by atoms with Crippen LogP contribution in [-0.2, 0) is 0 Å². The van der Waals surface area contributed by atoms with Crippen LogP contribution in [0, 0.1) is 6.92 Å². The van der Waals surface area contributed by atoms with Crippen molar-refractivity contribution >= 4 is 22.6 Å². The molecule has 0 aliphatic heterocycles. The number of methoxy groups -OCH3 is 2. The third kappa shape index (κ3) is 2.08. The Bertz CT molecular complexity index is 820. The summed E-state index contributed by atoms with van der Waals surface area (Å²) in [5.41, 5.74) is 3.03. The summed E-state index contributed by atoms with van der Waals surface area (Å²) in [5.74, 6) is 1.26. The molecule has 0 saturated heterocycles. The van der Waals surface area contributed by atoms with Crippen LogP contribution < -0.4 is 9.47 Å². The van der Waals surface area contributed by atoms with Gasteiger partial charge in [0.05, 0.1) is 14.2 Å². The molecule has 6 heteroatoms. The molecule has 0 amide bonds. The highest BCUT2D eigenvalue weighted by atomic mass is 32.1. The van der Waals surface area contributed by atoms with E-state index >= 15 is 0 Å². The second kappa shape index (κ2) is 5.21. The number of ether oxygens (including phenoxy) is 2. The van der Waals surface area contributed by atoms with E-state index in [1.165, 1.54) is 11.3 Å². The number of thiazole rings is 1. The van der Waals surface area contributed by atoms with Crippen molar-refractivity contribution in [3.8, 4) is 22.8 Å². The number of aromatic nitrogens is 2. The molecule has 21 heavy (non-hydrogen) atoms. The van der Waals surface area contributed by atoms with Crippen molar-refractivity contribution in [3.05, 3.63) is 35.0 Å². The minimum atomic E-state index is 0.552. The summed E-state index contributed by atoms with van der Waals surface area (Å²) in [6, 6.07) is 5.51. The molecule has 3 rings (SSSR count). The second-order valence-electron chi connectivity index (χ2n) is 4.53. The van der Waals surface area contributed by atoms with Crippen molar-refractivity contribution < 1.29 is 14.3 Å². The van der Waals surface area contributed by atoms with Gasteiger partial charge in [0.1, 0.15) is 11.4 Å². The first-order chi connectivity index (χ1) is 10.2. The standard InChI is InChI=1S/C15H14N2O3S/c1-9-8-21-15-16-14(11(7-18)17(9)15)10-4-5-12(19-2)13(6-10)20-3/h4-8H,1-3H3. The molecule has 0 bridgehead atoms. The molecule has 2 heterocycles. The van der Waals surface area contributed by atoms with Crippen LogP contribution in [0.5, 0.6) is 11.5 Å². The lowest BCUT2D eigenvalue weighted by atomic mass is 10.1. The normalized spacial score (nSPS) is 10.8. The third-order valence-corrected chi connectivity index (χ3v) is 4.28. The number of benzene rings is 1. The fraction of sp³-hybridized carbons (Fsp3) is 0.200. The molecule has 1 aromatic carbocycles. The van der Waals surface area contributed by atoms with Gasteiger partial charge >= 0.3 is 0 Å². The molecule has 0 N–H and O–H groups in total. The van der Waals surface area contributed by atoms with Gasteiger partial charge in [0.2, 0.25) is 0 Å². The number of imidazole rings is 1. The fourth-order valence-electron chi connectivity index (χ4n) is 2.33. The number of hydrogen-bond donors (Lipinski definition) is 0. The molecule has 2 aromatic heterocycles. The number of fused-ring (bicyclic) bond motifs is 1. The average Bonchev–Trinajstić information content (AvgIpc) is 3.06. The molecule has 0 fully saturated rings. The topological polar surface area (TPSA) is 52.8 Å².